The number of nitrogens with zero attached hydrogens (tertiary/aromatic N) is 1. The Hall–Kier alpha value is -3.26. The van der Waals surface area contributed by atoms with Crippen molar-refractivity contribution in [1.29, 1.82) is 0 Å². The van der Waals surface area contributed by atoms with Crippen molar-refractivity contribution in [1.82, 2.24) is 4.98 Å². The minimum atomic E-state index is -0.724. The Morgan fingerprint density at radius 3 is 2.78 bits per heavy atom. The number of carbonyl (C=O) groups excluding carboxylic acids is 1. The molecule has 1 aromatic heterocycles. The van der Waals surface area contributed by atoms with Crippen molar-refractivity contribution >= 4 is 22.4 Å². The molecule has 5 rings (SSSR count). The summed E-state index contributed by atoms with van der Waals surface area (Å²) in [6.45, 7) is 0.382. The molecule has 1 amide bonds. The van der Waals surface area contributed by atoms with Gasteiger partial charge in [-0.15, -0.1) is 11.3 Å². The van der Waals surface area contributed by atoms with E-state index in [1.807, 2.05) is 41.8 Å². The van der Waals surface area contributed by atoms with Crippen molar-refractivity contribution in [2.75, 3.05) is 18.7 Å². The molecule has 3 aromatic rings. The molecule has 27 heavy (non-hydrogen) atoms. The van der Waals surface area contributed by atoms with E-state index >= 15 is 0 Å². The van der Waals surface area contributed by atoms with Crippen molar-refractivity contribution in [2.45, 2.75) is 6.10 Å². The fourth-order valence-electron chi connectivity index (χ4n) is 2.85. The maximum absolute atomic E-state index is 12.5. The van der Waals surface area contributed by atoms with Gasteiger partial charge in [-0.25, -0.2) is 4.98 Å². The Kier molecular flexibility index (Phi) is 3.83. The molecule has 2 aromatic carbocycles. The number of benzene rings is 2. The molecule has 0 fully saturated rings. The van der Waals surface area contributed by atoms with E-state index in [4.69, 9.17) is 18.9 Å². The van der Waals surface area contributed by atoms with E-state index in [9.17, 15) is 4.79 Å². The smallest absolute Gasteiger partial charge is 0.270 e. The monoisotopic (exact) mass is 382 g/mol. The predicted molar refractivity (Wildman–Crippen MR) is 98.7 cm³/mol. The number of anilines is 1. The van der Waals surface area contributed by atoms with Gasteiger partial charge in [0.05, 0.1) is 5.69 Å². The quantitative estimate of drug-likeness (QED) is 0.749. The van der Waals surface area contributed by atoms with Gasteiger partial charge in [-0.05, 0) is 30.3 Å². The minimum Gasteiger partial charge on any atom is -0.485 e. The van der Waals surface area contributed by atoms with Crippen LogP contribution in [0.5, 0.6) is 23.0 Å². The highest BCUT2D eigenvalue weighted by molar-refractivity contribution is 7.14. The average molecular weight is 382 g/mol. The van der Waals surface area contributed by atoms with E-state index < -0.39 is 6.10 Å². The van der Waals surface area contributed by atoms with Crippen LogP contribution in [0.4, 0.5) is 5.13 Å². The van der Waals surface area contributed by atoms with Gasteiger partial charge < -0.3 is 18.9 Å². The molecule has 2 aliphatic rings. The van der Waals surface area contributed by atoms with Crippen LogP contribution in [0.3, 0.4) is 0 Å². The second-order valence-corrected chi connectivity index (χ2v) is 6.82. The zero-order chi connectivity index (χ0) is 18.2. The third kappa shape index (κ3) is 3.04. The van der Waals surface area contributed by atoms with Crippen molar-refractivity contribution in [3.8, 4) is 34.3 Å². The van der Waals surface area contributed by atoms with Gasteiger partial charge in [-0.3, -0.25) is 10.1 Å². The van der Waals surface area contributed by atoms with Crippen LogP contribution in [-0.2, 0) is 4.79 Å². The molecular formula is C19H14N2O5S. The van der Waals surface area contributed by atoms with Gasteiger partial charge in [0.1, 0.15) is 6.61 Å². The van der Waals surface area contributed by atoms with Crippen molar-refractivity contribution in [2.24, 2.45) is 0 Å². The molecule has 8 heteroatoms. The first-order valence-electron chi connectivity index (χ1n) is 8.31. The number of nitrogens with one attached hydrogen (secondary N) is 1. The molecule has 1 atom stereocenters. The first-order chi connectivity index (χ1) is 13.3. The lowest BCUT2D eigenvalue weighted by Crippen LogP contribution is -2.40. The molecule has 0 saturated carbocycles. The van der Waals surface area contributed by atoms with Crippen LogP contribution in [0.2, 0.25) is 0 Å². The van der Waals surface area contributed by atoms with E-state index in [1.165, 1.54) is 11.3 Å². The summed E-state index contributed by atoms with van der Waals surface area (Å²) < 4.78 is 22.0. The number of para-hydroxylation sites is 2. The predicted octanol–water partition coefficient (Wildman–Crippen LogP) is 3.32. The summed E-state index contributed by atoms with van der Waals surface area (Å²) >= 11 is 1.34. The van der Waals surface area contributed by atoms with E-state index in [-0.39, 0.29) is 19.3 Å². The second-order valence-electron chi connectivity index (χ2n) is 5.96. The number of rotatable bonds is 3. The van der Waals surface area contributed by atoms with Gasteiger partial charge in [0, 0.05) is 10.9 Å². The third-order valence-corrected chi connectivity index (χ3v) is 4.96. The lowest BCUT2D eigenvalue weighted by molar-refractivity contribution is -0.125. The summed E-state index contributed by atoms with van der Waals surface area (Å²) in [5.74, 6) is 2.32. The number of aromatic nitrogens is 1. The Morgan fingerprint density at radius 2 is 1.85 bits per heavy atom. The number of fused-ring (bicyclic) bond motifs is 2. The van der Waals surface area contributed by atoms with E-state index in [2.05, 4.69) is 10.3 Å². The van der Waals surface area contributed by atoms with Crippen LogP contribution in [0.25, 0.3) is 11.3 Å². The Labute approximate surface area is 158 Å². The van der Waals surface area contributed by atoms with Crippen LogP contribution in [0.1, 0.15) is 0 Å². The number of thiazole rings is 1. The van der Waals surface area contributed by atoms with Gasteiger partial charge in [0.15, 0.2) is 28.1 Å². The third-order valence-electron chi connectivity index (χ3n) is 4.20. The van der Waals surface area contributed by atoms with Crippen LogP contribution in [-0.4, -0.2) is 30.4 Å². The van der Waals surface area contributed by atoms with Crippen LogP contribution >= 0.6 is 11.3 Å². The molecule has 0 unspecified atom stereocenters. The van der Waals surface area contributed by atoms with E-state index in [0.717, 1.165) is 17.0 Å². The standard InChI is InChI=1S/C19H14N2O5S/c22-18(17-8-23-13-3-1-2-4-15(13)26-17)21-19-20-12(9-27-19)11-5-6-14-16(7-11)25-10-24-14/h1-7,9,17H,8,10H2,(H,20,21,22)/t17-/m0/s1. The first kappa shape index (κ1) is 16.0. The Balaban J connectivity index is 1.29. The number of hydrogen-bond donors (Lipinski definition) is 1. The maximum Gasteiger partial charge on any atom is 0.270 e. The molecule has 136 valence electrons. The fourth-order valence-corrected chi connectivity index (χ4v) is 3.58. The molecule has 3 heterocycles. The SMILES string of the molecule is O=C(Nc1nc(-c2ccc3c(c2)OCO3)cs1)[C@@H]1COc2ccccc2O1. The second kappa shape index (κ2) is 6.48. The maximum atomic E-state index is 12.5. The summed E-state index contributed by atoms with van der Waals surface area (Å²) in [6.07, 6.45) is -0.724. The largest absolute Gasteiger partial charge is 0.485 e. The molecule has 2 aliphatic heterocycles. The summed E-state index contributed by atoms with van der Waals surface area (Å²) in [7, 11) is 0. The van der Waals surface area contributed by atoms with Crippen molar-refractivity contribution < 1.29 is 23.7 Å². The summed E-state index contributed by atoms with van der Waals surface area (Å²) in [5, 5.41) is 5.16. The highest BCUT2D eigenvalue weighted by Gasteiger charge is 2.28. The highest BCUT2D eigenvalue weighted by Crippen LogP contribution is 2.36. The summed E-state index contributed by atoms with van der Waals surface area (Å²) in [5.41, 5.74) is 1.64. The zero-order valence-corrected chi connectivity index (χ0v) is 14.8. The summed E-state index contributed by atoms with van der Waals surface area (Å²) in [4.78, 5) is 17.0. The van der Waals surface area contributed by atoms with E-state index in [0.29, 0.717) is 22.4 Å². The molecule has 0 spiro atoms. The molecule has 7 nitrogen and oxygen atoms in total. The van der Waals surface area contributed by atoms with Gasteiger partial charge >= 0.3 is 0 Å². The van der Waals surface area contributed by atoms with Gasteiger partial charge in [0.25, 0.3) is 5.91 Å². The Morgan fingerprint density at radius 1 is 1.04 bits per heavy atom. The molecule has 0 saturated heterocycles. The van der Waals surface area contributed by atoms with Crippen LogP contribution in [0.15, 0.2) is 47.8 Å². The average Bonchev–Trinajstić information content (AvgIpc) is 3.36. The number of amides is 1. The number of hydrogen-bond acceptors (Lipinski definition) is 7. The fraction of sp³-hybridized carbons (Fsp3) is 0.158. The highest BCUT2D eigenvalue weighted by atomic mass is 32.1. The van der Waals surface area contributed by atoms with Crippen LogP contribution in [0, 0.1) is 0 Å². The molecule has 0 bridgehead atoms. The minimum absolute atomic E-state index is 0.156. The molecular weight excluding hydrogens is 368 g/mol. The molecule has 1 N–H and O–H groups in total. The van der Waals surface area contributed by atoms with Crippen molar-refractivity contribution in [3.05, 3.63) is 47.8 Å². The topological polar surface area (TPSA) is 78.9 Å². The number of ether oxygens (including phenoxy) is 4. The lowest BCUT2D eigenvalue weighted by atomic mass is 10.1. The first-order valence-corrected chi connectivity index (χ1v) is 9.19. The molecule has 0 aliphatic carbocycles. The van der Waals surface area contributed by atoms with Crippen LogP contribution < -0.4 is 24.3 Å². The normalized spacial score (nSPS) is 16.8. The molecule has 0 radical (unpaired) electrons. The van der Waals surface area contributed by atoms with Gasteiger partial charge in [-0.2, -0.15) is 0 Å². The van der Waals surface area contributed by atoms with Crippen molar-refractivity contribution in [3.63, 3.8) is 0 Å². The number of carbonyl (C=O) groups is 1. The van der Waals surface area contributed by atoms with Gasteiger partial charge in [-0.1, -0.05) is 12.1 Å². The van der Waals surface area contributed by atoms with E-state index in [1.54, 1.807) is 6.07 Å². The Bertz CT molecular complexity index is 1020. The van der Waals surface area contributed by atoms with Gasteiger partial charge in [0.2, 0.25) is 12.9 Å². The lowest BCUT2D eigenvalue weighted by Gasteiger charge is -2.25. The summed E-state index contributed by atoms with van der Waals surface area (Å²) in [6, 6.07) is 12.9. The zero-order valence-electron chi connectivity index (χ0n) is 14.0.